The van der Waals surface area contributed by atoms with Gasteiger partial charge in [-0.25, -0.2) is 4.98 Å². The Kier molecular flexibility index (Phi) is 5.98. The molecular formula is C18H16N4O2S2. The summed E-state index contributed by atoms with van der Waals surface area (Å²) >= 11 is 3.07. The molecule has 0 aliphatic rings. The van der Waals surface area contributed by atoms with Crippen molar-refractivity contribution in [1.29, 1.82) is 0 Å². The van der Waals surface area contributed by atoms with E-state index in [-0.39, 0.29) is 5.69 Å². The second-order valence-electron chi connectivity index (χ2n) is 5.42. The van der Waals surface area contributed by atoms with Crippen molar-refractivity contribution in [2.75, 3.05) is 5.43 Å². The van der Waals surface area contributed by atoms with Crippen LogP contribution in [0.1, 0.15) is 16.8 Å². The van der Waals surface area contributed by atoms with Crippen LogP contribution in [0.2, 0.25) is 0 Å². The molecule has 0 fully saturated rings. The van der Waals surface area contributed by atoms with Crippen molar-refractivity contribution >= 4 is 40.1 Å². The lowest BCUT2D eigenvalue weighted by Crippen LogP contribution is -1.95. The van der Waals surface area contributed by atoms with Crippen LogP contribution in [-0.4, -0.2) is 16.1 Å². The fourth-order valence-electron chi connectivity index (χ4n) is 2.18. The number of thiazole rings is 1. The molecule has 0 aliphatic heterocycles. The molecule has 0 saturated carbocycles. The Morgan fingerprint density at radius 1 is 1.31 bits per heavy atom. The summed E-state index contributed by atoms with van der Waals surface area (Å²) in [6, 6.07) is 14.9. The Labute approximate surface area is 159 Å². The van der Waals surface area contributed by atoms with Gasteiger partial charge in [0.1, 0.15) is 0 Å². The summed E-state index contributed by atoms with van der Waals surface area (Å²) in [6.45, 7) is 1.91. The second kappa shape index (κ2) is 8.59. The first kappa shape index (κ1) is 18.1. The number of thioether (sulfide) groups is 1. The molecule has 0 amide bonds. The van der Waals surface area contributed by atoms with Gasteiger partial charge in [0, 0.05) is 33.7 Å². The van der Waals surface area contributed by atoms with Crippen LogP contribution in [0.4, 0.5) is 10.8 Å². The van der Waals surface area contributed by atoms with Crippen molar-refractivity contribution in [2.24, 2.45) is 5.10 Å². The summed E-state index contributed by atoms with van der Waals surface area (Å²) < 4.78 is 0. The minimum Gasteiger partial charge on any atom is -0.258 e. The predicted molar refractivity (Wildman–Crippen MR) is 107 cm³/mol. The Hall–Kier alpha value is -2.71. The van der Waals surface area contributed by atoms with E-state index in [1.807, 2.05) is 30.5 Å². The number of nitro benzene ring substituents is 1. The van der Waals surface area contributed by atoms with Gasteiger partial charge in [-0.2, -0.15) is 5.10 Å². The molecule has 132 valence electrons. The molecule has 3 aromatic rings. The van der Waals surface area contributed by atoms with Crippen LogP contribution in [0.5, 0.6) is 0 Å². The largest absolute Gasteiger partial charge is 0.270 e. The highest BCUT2D eigenvalue weighted by Crippen LogP contribution is 2.28. The maximum atomic E-state index is 11.1. The van der Waals surface area contributed by atoms with Gasteiger partial charge in [-0.1, -0.05) is 30.3 Å². The lowest BCUT2D eigenvalue weighted by atomic mass is 10.2. The first-order valence-corrected chi connectivity index (χ1v) is 9.65. The number of aromatic nitrogens is 1. The highest BCUT2D eigenvalue weighted by Gasteiger charge is 2.10. The number of nitro groups is 1. The molecule has 2 aromatic carbocycles. The molecule has 1 N–H and O–H groups in total. The van der Waals surface area contributed by atoms with Gasteiger partial charge in [-0.3, -0.25) is 15.5 Å². The number of benzene rings is 2. The van der Waals surface area contributed by atoms with E-state index in [0.29, 0.717) is 10.7 Å². The maximum Gasteiger partial charge on any atom is 0.270 e. The number of nitrogens with one attached hydrogen (secondary N) is 1. The quantitative estimate of drug-likeness (QED) is 0.265. The number of anilines is 1. The van der Waals surface area contributed by atoms with Gasteiger partial charge in [0.15, 0.2) is 0 Å². The molecule has 8 heteroatoms. The van der Waals surface area contributed by atoms with Gasteiger partial charge in [-0.15, -0.1) is 23.1 Å². The fraction of sp³-hybridized carbons (Fsp3) is 0.111. The number of rotatable bonds is 7. The van der Waals surface area contributed by atoms with Crippen molar-refractivity contribution in [3.63, 3.8) is 0 Å². The average Bonchev–Trinajstić information content (AvgIpc) is 3.06. The van der Waals surface area contributed by atoms with Crippen molar-refractivity contribution < 1.29 is 4.92 Å². The van der Waals surface area contributed by atoms with Crippen LogP contribution in [0.25, 0.3) is 0 Å². The minimum atomic E-state index is -0.402. The molecule has 6 nitrogen and oxygen atoms in total. The summed E-state index contributed by atoms with van der Waals surface area (Å²) in [5, 5.41) is 17.9. The Morgan fingerprint density at radius 2 is 2.12 bits per heavy atom. The normalized spacial score (nSPS) is 11.0. The van der Waals surface area contributed by atoms with Gasteiger partial charge in [0.2, 0.25) is 5.13 Å². The first-order valence-electron chi connectivity index (χ1n) is 7.78. The summed E-state index contributed by atoms with van der Waals surface area (Å²) in [6.07, 6.45) is 1.59. The topological polar surface area (TPSA) is 80.4 Å². The molecule has 0 spiro atoms. The van der Waals surface area contributed by atoms with Crippen LogP contribution in [0, 0.1) is 17.0 Å². The van der Waals surface area contributed by atoms with Crippen LogP contribution >= 0.6 is 23.1 Å². The van der Waals surface area contributed by atoms with E-state index in [1.165, 1.54) is 29.0 Å². The van der Waals surface area contributed by atoms with E-state index in [4.69, 9.17) is 0 Å². The highest BCUT2D eigenvalue weighted by atomic mass is 32.2. The number of aryl methyl sites for hydroxylation is 1. The molecule has 1 aromatic heterocycles. The van der Waals surface area contributed by atoms with Crippen molar-refractivity contribution in [2.45, 2.75) is 17.6 Å². The van der Waals surface area contributed by atoms with E-state index in [0.717, 1.165) is 16.3 Å². The SMILES string of the molecule is Cc1csc(NN=Cc2cc([N+](=O)[O-])ccc2SCc2ccccc2)n1. The summed E-state index contributed by atoms with van der Waals surface area (Å²) in [5.41, 5.74) is 5.71. The Balaban J connectivity index is 1.77. The van der Waals surface area contributed by atoms with Crippen molar-refractivity contribution in [1.82, 2.24) is 4.98 Å². The number of nitrogens with zero attached hydrogens (tertiary/aromatic N) is 3. The molecule has 26 heavy (non-hydrogen) atoms. The van der Waals surface area contributed by atoms with Crippen molar-refractivity contribution in [3.05, 3.63) is 80.8 Å². The number of non-ortho nitro benzene ring substituents is 1. The monoisotopic (exact) mass is 384 g/mol. The van der Waals surface area contributed by atoms with Gasteiger partial charge >= 0.3 is 0 Å². The average molecular weight is 384 g/mol. The lowest BCUT2D eigenvalue weighted by Gasteiger charge is -2.06. The van der Waals surface area contributed by atoms with Gasteiger partial charge < -0.3 is 0 Å². The standard InChI is InChI=1S/C18H16N4O2S2/c1-13-11-26-18(20-13)21-19-10-15-9-16(22(23)24)7-8-17(15)25-12-14-5-3-2-4-6-14/h2-11H,12H2,1H3,(H,20,21). The van der Waals surface area contributed by atoms with Crippen LogP contribution in [0.3, 0.4) is 0 Å². The third kappa shape index (κ3) is 4.90. The zero-order valence-electron chi connectivity index (χ0n) is 14.0. The third-order valence-electron chi connectivity index (χ3n) is 3.42. The van der Waals surface area contributed by atoms with E-state index in [1.54, 1.807) is 24.0 Å². The summed E-state index contributed by atoms with van der Waals surface area (Å²) in [7, 11) is 0. The minimum absolute atomic E-state index is 0.0422. The van der Waals surface area contributed by atoms with Crippen LogP contribution in [0.15, 0.2) is 63.9 Å². The summed E-state index contributed by atoms with van der Waals surface area (Å²) in [5.74, 6) is 0.776. The zero-order valence-corrected chi connectivity index (χ0v) is 15.6. The summed E-state index contributed by atoms with van der Waals surface area (Å²) in [4.78, 5) is 15.9. The molecule has 1 heterocycles. The molecule has 3 rings (SSSR count). The number of hydrogen-bond donors (Lipinski definition) is 1. The van der Waals surface area contributed by atoms with Gasteiger partial charge in [0.05, 0.1) is 16.8 Å². The molecule has 0 atom stereocenters. The van der Waals surface area contributed by atoms with Crippen LogP contribution < -0.4 is 5.43 Å². The zero-order chi connectivity index (χ0) is 18.4. The maximum absolute atomic E-state index is 11.1. The van der Waals surface area contributed by atoms with E-state index >= 15 is 0 Å². The third-order valence-corrected chi connectivity index (χ3v) is 5.45. The smallest absolute Gasteiger partial charge is 0.258 e. The predicted octanol–water partition coefficient (Wildman–Crippen LogP) is 5.10. The van der Waals surface area contributed by atoms with Gasteiger partial charge in [-0.05, 0) is 18.6 Å². The highest BCUT2D eigenvalue weighted by molar-refractivity contribution is 7.98. The second-order valence-corrected chi connectivity index (χ2v) is 7.29. The van der Waals surface area contributed by atoms with E-state index < -0.39 is 4.92 Å². The number of hydrogen-bond acceptors (Lipinski definition) is 7. The Bertz CT molecular complexity index is 926. The molecule has 0 radical (unpaired) electrons. The molecule has 0 bridgehead atoms. The molecular weight excluding hydrogens is 368 g/mol. The van der Waals surface area contributed by atoms with Crippen molar-refractivity contribution in [3.8, 4) is 0 Å². The molecule has 0 unspecified atom stereocenters. The first-order chi connectivity index (χ1) is 12.6. The lowest BCUT2D eigenvalue weighted by molar-refractivity contribution is -0.384. The molecule has 0 saturated heterocycles. The van der Waals surface area contributed by atoms with Gasteiger partial charge in [0.25, 0.3) is 5.69 Å². The van der Waals surface area contributed by atoms with Crippen LogP contribution in [-0.2, 0) is 5.75 Å². The molecule has 0 aliphatic carbocycles. The Morgan fingerprint density at radius 3 is 2.81 bits per heavy atom. The fourth-order valence-corrected chi connectivity index (χ4v) is 3.77. The van der Waals surface area contributed by atoms with E-state index in [9.17, 15) is 10.1 Å². The number of hydrazone groups is 1. The van der Waals surface area contributed by atoms with E-state index in [2.05, 4.69) is 27.6 Å².